The highest BCUT2D eigenvalue weighted by Crippen LogP contribution is 2.13. The van der Waals surface area contributed by atoms with E-state index in [4.69, 9.17) is 0 Å². The number of fused-ring (bicyclic) bond motifs is 1. The highest BCUT2D eigenvalue weighted by Gasteiger charge is 2.11. The number of rotatable bonds is 4. The molecule has 80 valence electrons. The third-order valence-electron chi connectivity index (χ3n) is 2.19. The minimum Gasteiger partial charge on any atom is -0.351 e. The Morgan fingerprint density at radius 1 is 1.67 bits per heavy atom. The minimum absolute atomic E-state index is 0.0206. The van der Waals surface area contributed by atoms with Crippen LogP contribution in [0.1, 0.15) is 30.3 Å². The zero-order valence-corrected chi connectivity index (χ0v) is 9.38. The van der Waals surface area contributed by atoms with Gasteiger partial charge in [0.2, 0.25) is 0 Å². The number of amides is 1. The molecule has 4 nitrogen and oxygen atoms in total. The average Bonchev–Trinajstić information content (AvgIpc) is 2.78. The zero-order chi connectivity index (χ0) is 10.7. The third-order valence-corrected chi connectivity index (χ3v) is 3.04. The van der Waals surface area contributed by atoms with E-state index in [2.05, 4.69) is 17.2 Å². The van der Waals surface area contributed by atoms with E-state index >= 15 is 0 Å². The van der Waals surface area contributed by atoms with Gasteiger partial charge in [0, 0.05) is 24.3 Å². The van der Waals surface area contributed by atoms with Crippen LogP contribution in [0.3, 0.4) is 0 Å². The number of imidazole rings is 1. The van der Waals surface area contributed by atoms with Crippen LogP contribution in [-0.4, -0.2) is 21.8 Å². The average molecular weight is 223 g/mol. The van der Waals surface area contributed by atoms with Crippen LogP contribution in [-0.2, 0) is 0 Å². The van der Waals surface area contributed by atoms with E-state index in [-0.39, 0.29) is 5.91 Å². The van der Waals surface area contributed by atoms with Crippen molar-refractivity contribution in [1.29, 1.82) is 0 Å². The number of aromatic nitrogens is 2. The van der Waals surface area contributed by atoms with E-state index in [9.17, 15) is 4.79 Å². The minimum atomic E-state index is -0.0206. The highest BCUT2D eigenvalue weighted by atomic mass is 32.1. The number of hydrogen-bond donors (Lipinski definition) is 1. The number of unbranched alkanes of at least 4 members (excludes halogenated alkanes) is 1. The first-order chi connectivity index (χ1) is 7.33. The molecule has 2 aromatic rings. The second-order valence-electron chi connectivity index (χ2n) is 3.31. The van der Waals surface area contributed by atoms with Gasteiger partial charge in [-0.15, -0.1) is 11.3 Å². The Balaban J connectivity index is 2.10. The Labute approximate surface area is 91.9 Å². The molecule has 0 bridgehead atoms. The molecule has 1 amide bonds. The zero-order valence-electron chi connectivity index (χ0n) is 8.56. The van der Waals surface area contributed by atoms with Crippen molar-refractivity contribution in [3.8, 4) is 0 Å². The van der Waals surface area contributed by atoms with Gasteiger partial charge in [-0.3, -0.25) is 9.20 Å². The van der Waals surface area contributed by atoms with E-state index in [0.29, 0.717) is 5.69 Å². The first-order valence-electron chi connectivity index (χ1n) is 5.01. The van der Waals surface area contributed by atoms with Gasteiger partial charge < -0.3 is 5.32 Å². The van der Waals surface area contributed by atoms with E-state index < -0.39 is 0 Å². The maximum atomic E-state index is 11.7. The molecule has 0 saturated heterocycles. The summed E-state index contributed by atoms with van der Waals surface area (Å²) in [5.41, 5.74) is 0.670. The number of carbonyl (C=O) groups is 1. The molecule has 0 aliphatic carbocycles. The Kier molecular flexibility index (Phi) is 3.01. The molecule has 0 spiro atoms. The lowest BCUT2D eigenvalue weighted by Crippen LogP contribution is -2.25. The van der Waals surface area contributed by atoms with Crippen molar-refractivity contribution < 1.29 is 4.79 Å². The second kappa shape index (κ2) is 4.44. The maximum Gasteiger partial charge on any atom is 0.269 e. The van der Waals surface area contributed by atoms with Gasteiger partial charge in [-0.1, -0.05) is 13.3 Å². The van der Waals surface area contributed by atoms with Gasteiger partial charge in [-0.25, -0.2) is 4.98 Å². The largest absolute Gasteiger partial charge is 0.351 e. The molecule has 2 heterocycles. The number of carbonyl (C=O) groups excluding carboxylic acids is 1. The number of nitrogens with one attached hydrogen (secondary N) is 1. The highest BCUT2D eigenvalue weighted by molar-refractivity contribution is 7.15. The summed E-state index contributed by atoms with van der Waals surface area (Å²) in [4.78, 5) is 16.7. The van der Waals surface area contributed by atoms with Crippen molar-refractivity contribution in [2.24, 2.45) is 0 Å². The summed E-state index contributed by atoms with van der Waals surface area (Å²) >= 11 is 1.48. The molecule has 15 heavy (non-hydrogen) atoms. The molecule has 1 N–H and O–H groups in total. The van der Waals surface area contributed by atoms with Crippen LogP contribution in [0.25, 0.3) is 4.96 Å². The van der Waals surface area contributed by atoms with Gasteiger partial charge in [0.1, 0.15) is 5.69 Å². The molecule has 0 radical (unpaired) electrons. The van der Waals surface area contributed by atoms with E-state index in [1.807, 2.05) is 9.78 Å². The first-order valence-corrected chi connectivity index (χ1v) is 5.89. The van der Waals surface area contributed by atoms with Crippen LogP contribution in [0, 0.1) is 0 Å². The quantitative estimate of drug-likeness (QED) is 0.805. The number of nitrogens with zero attached hydrogens (tertiary/aromatic N) is 2. The van der Waals surface area contributed by atoms with Gasteiger partial charge in [0.15, 0.2) is 4.96 Å². The first kappa shape index (κ1) is 10.2. The molecule has 0 aliphatic heterocycles. The SMILES string of the molecule is CCCCNC(=O)c1csc2nccn12. The van der Waals surface area contributed by atoms with Crippen molar-refractivity contribution >= 4 is 22.2 Å². The van der Waals surface area contributed by atoms with Crippen molar-refractivity contribution in [1.82, 2.24) is 14.7 Å². The second-order valence-corrected chi connectivity index (χ2v) is 4.15. The fourth-order valence-corrected chi connectivity index (χ4v) is 2.19. The summed E-state index contributed by atoms with van der Waals surface area (Å²) in [5, 5.41) is 4.72. The van der Waals surface area contributed by atoms with Crippen molar-refractivity contribution in [2.45, 2.75) is 19.8 Å². The molecule has 2 aromatic heterocycles. The van der Waals surface area contributed by atoms with Crippen LogP contribution in [0.5, 0.6) is 0 Å². The summed E-state index contributed by atoms with van der Waals surface area (Å²) in [7, 11) is 0. The third kappa shape index (κ3) is 2.02. The fourth-order valence-electron chi connectivity index (χ4n) is 1.36. The normalized spacial score (nSPS) is 10.7. The van der Waals surface area contributed by atoms with Crippen molar-refractivity contribution in [2.75, 3.05) is 6.54 Å². The van der Waals surface area contributed by atoms with Crippen molar-refractivity contribution in [3.63, 3.8) is 0 Å². The van der Waals surface area contributed by atoms with Crippen LogP contribution in [0.15, 0.2) is 17.8 Å². The number of hydrogen-bond acceptors (Lipinski definition) is 3. The predicted octanol–water partition coefficient (Wildman–Crippen LogP) is 1.93. The van der Waals surface area contributed by atoms with Crippen LogP contribution in [0.4, 0.5) is 0 Å². The monoisotopic (exact) mass is 223 g/mol. The van der Waals surface area contributed by atoms with Crippen LogP contribution >= 0.6 is 11.3 Å². The standard InChI is InChI=1S/C10H13N3OS/c1-2-3-4-11-9(14)8-7-15-10-12-5-6-13(8)10/h5-7H,2-4H2,1H3,(H,11,14). The molecule has 5 heteroatoms. The van der Waals surface area contributed by atoms with Gasteiger partial charge >= 0.3 is 0 Å². The molecule has 0 aromatic carbocycles. The lowest BCUT2D eigenvalue weighted by molar-refractivity contribution is 0.0947. The summed E-state index contributed by atoms with van der Waals surface area (Å²) in [6.07, 6.45) is 5.61. The van der Waals surface area contributed by atoms with Crippen molar-refractivity contribution in [3.05, 3.63) is 23.5 Å². The smallest absolute Gasteiger partial charge is 0.269 e. The van der Waals surface area contributed by atoms with E-state index in [1.165, 1.54) is 11.3 Å². The van der Waals surface area contributed by atoms with Gasteiger partial charge in [0.05, 0.1) is 0 Å². The predicted molar refractivity (Wildman–Crippen MR) is 60.3 cm³/mol. The molecule has 0 unspecified atom stereocenters. The summed E-state index contributed by atoms with van der Waals surface area (Å²) in [6.45, 7) is 2.84. The molecule has 0 aliphatic rings. The van der Waals surface area contributed by atoms with Gasteiger partial charge in [-0.05, 0) is 6.42 Å². The Morgan fingerprint density at radius 2 is 2.53 bits per heavy atom. The van der Waals surface area contributed by atoms with Crippen LogP contribution in [0.2, 0.25) is 0 Å². The summed E-state index contributed by atoms with van der Waals surface area (Å²) < 4.78 is 1.81. The summed E-state index contributed by atoms with van der Waals surface area (Å²) in [5.74, 6) is -0.0206. The van der Waals surface area contributed by atoms with E-state index in [0.717, 1.165) is 24.3 Å². The van der Waals surface area contributed by atoms with Gasteiger partial charge in [0.25, 0.3) is 5.91 Å². The molecular weight excluding hydrogens is 210 g/mol. The fraction of sp³-hybridized carbons (Fsp3) is 0.400. The Bertz CT molecular complexity index is 460. The Hall–Kier alpha value is -1.36. The van der Waals surface area contributed by atoms with E-state index in [1.54, 1.807) is 12.4 Å². The molecular formula is C10H13N3OS. The lowest BCUT2D eigenvalue weighted by Gasteiger charge is -2.02. The molecule has 0 atom stereocenters. The summed E-state index contributed by atoms with van der Waals surface area (Å²) in [6, 6.07) is 0. The number of thiazole rings is 1. The lowest BCUT2D eigenvalue weighted by atomic mass is 10.3. The molecule has 2 rings (SSSR count). The Morgan fingerprint density at radius 3 is 3.33 bits per heavy atom. The van der Waals surface area contributed by atoms with Crippen LogP contribution < -0.4 is 5.32 Å². The molecule has 0 fully saturated rings. The topological polar surface area (TPSA) is 46.4 Å². The molecule has 0 saturated carbocycles. The van der Waals surface area contributed by atoms with Gasteiger partial charge in [-0.2, -0.15) is 0 Å². The maximum absolute atomic E-state index is 11.7.